The molecule has 35 heavy (non-hydrogen) atoms. The average Bonchev–Trinajstić information content (AvgIpc) is 2.85. The fraction of sp³-hybridized carbons (Fsp3) is 0.519. The summed E-state index contributed by atoms with van der Waals surface area (Å²) in [5, 5.41) is 14.4. The lowest BCUT2D eigenvalue weighted by Gasteiger charge is -2.22. The third kappa shape index (κ3) is 14.8. The van der Waals surface area contributed by atoms with Gasteiger partial charge in [0, 0.05) is 19.4 Å². The Morgan fingerprint density at radius 2 is 1.83 bits per heavy atom. The lowest BCUT2D eigenvalue weighted by Crippen LogP contribution is -2.44. The van der Waals surface area contributed by atoms with E-state index in [1.54, 1.807) is 6.08 Å². The van der Waals surface area contributed by atoms with Gasteiger partial charge in [0.1, 0.15) is 6.61 Å². The Bertz CT molecular complexity index is 768. The highest BCUT2D eigenvalue weighted by molar-refractivity contribution is 5.86. The van der Waals surface area contributed by atoms with Gasteiger partial charge in [-0.25, -0.2) is 0 Å². The van der Waals surface area contributed by atoms with Crippen molar-refractivity contribution in [2.45, 2.75) is 51.0 Å². The van der Waals surface area contributed by atoms with E-state index >= 15 is 0 Å². The molecule has 0 heterocycles. The maximum Gasteiger partial charge on any atom is 0.305 e. The molecule has 3 N–H and O–H groups in total. The largest absolute Gasteiger partial charge is 0.463 e. The molecule has 8 nitrogen and oxygen atoms in total. The number of unbranched alkanes of at least 4 members (excludes halogenated alkanes) is 2. The van der Waals surface area contributed by atoms with E-state index in [1.165, 1.54) is 0 Å². The van der Waals surface area contributed by atoms with E-state index in [9.17, 15) is 14.4 Å². The van der Waals surface area contributed by atoms with E-state index in [1.807, 2.05) is 36.4 Å². The molecule has 0 bridgehead atoms. The van der Waals surface area contributed by atoms with Crippen molar-refractivity contribution in [3.63, 3.8) is 0 Å². The number of ether oxygens (including phenoxy) is 2. The number of allylic oxidation sites excluding steroid dienone is 2. The van der Waals surface area contributed by atoms with Crippen molar-refractivity contribution in [2.24, 2.45) is 5.92 Å². The molecular formula is C27H40N2O6. The quantitative estimate of drug-likeness (QED) is 0.148. The third-order valence-corrected chi connectivity index (χ3v) is 5.21. The number of carbonyl (C=O) groups is 3. The van der Waals surface area contributed by atoms with Crippen LogP contribution in [0.2, 0.25) is 0 Å². The number of benzene rings is 1. The number of aliphatic hydroxyl groups is 1. The summed E-state index contributed by atoms with van der Waals surface area (Å²) >= 11 is 0. The monoisotopic (exact) mass is 488 g/mol. The maximum absolute atomic E-state index is 13.0. The molecule has 0 unspecified atom stereocenters. The minimum Gasteiger partial charge on any atom is -0.463 e. The molecule has 0 spiro atoms. The standard InChI is InChI=1S/C27H40N2O6/c1-3-5-6-10-14-26(32)35-21-24(19-22-12-8-7-9-13-22)29-27(33)23(11-4-2)20-25(31)28-15-17-34-18-16-30/h3-4,7-9,12-13,23-24,30H,1-2,5-6,10-11,14-21H2,(H,28,31)(H,29,33)/t23-,24+/m1/s1. The highest BCUT2D eigenvalue weighted by atomic mass is 16.5. The summed E-state index contributed by atoms with van der Waals surface area (Å²) in [4.78, 5) is 37.5. The van der Waals surface area contributed by atoms with E-state index in [4.69, 9.17) is 14.6 Å². The predicted molar refractivity (Wildman–Crippen MR) is 136 cm³/mol. The van der Waals surface area contributed by atoms with Crippen molar-refractivity contribution < 1.29 is 29.0 Å². The minimum atomic E-state index is -0.598. The number of hydrogen-bond acceptors (Lipinski definition) is 6. The molecule has 8 heteroatoms. The topological polar surface area (TPSA) is 114 Å². The summed E-state index contributed by atoms with van der Waals surface area (Å²) in [6.07, 6.45) is 7.03. The number of hydrogen-bond donors (Lipinski definition) is 3. The van der Waals surface area contributed by atoms with Crippen LogP contribution in [-0.2, 0) is 30.3 Å². The molecule has 2 amide bonds. The van der Waals surface area contributed by atoms with Gasteiger partial charge in [0.2, 0.25) is 11.8 Å². The lowest BCUT2D eigenvalue weighted by molar-refractivity contribution is -0.145. The number of rotatable bonds is 20. The van der Waals surface area contributed by atoms with Crippen LogP contribution in [0.4, 0.5) is 0 Å². The molecule has 0 aromatic heterocycles. The molecule has 0 saturated carbocycles. The van der Waals surface area contributed by atoms with Crippen LogP contribution >= 0.6 is 0 Å². The SMILES string of the molecule is C=CCCCCC(=O)OC[C@H](Cc1ccccc1)NC(=O)[C@H](CC=C)CC(=O)NCCOCCO. The average molecular weight is 489 g/mol. The fourth-order valence-corrected chi connectivity index (χ4v) is 3.40. The summed E-state index contributed by atoms with van der Waals surface area (Å²) in [6.45, 7) is 8.13. The summed E-state index contributed by atoms with van der Waals surface area (Å²) in [7, 11) is 0. The Balaban J connectivity index is 2.68. The van der Waals surface area contributed by atoms with E-state index in [0.29, 0.717) is 25.8 Å². The second-order valence-corrected chi connectivity index (χ2v) is 8.22. The van der Waals surface area contributed by atoms with E-state index in [2.05, 4.69) is 23.8 Å². The Morgan fingerprint density at radius 1 is 1.06 bits per heavy atom. The highest BCUT2D eigenvalue weighted by Crippen LogP contribution is 2.12. The fourth-order valence-electron chi connectivity index (χ4n) is 3.40. The van der Waals surface area contributed by atoms with Crippen LogP contribution in [0.25, 0.3) is 0 Å². The predicted octanol–water partition coefficient (Wildman–Crippen LogP) is 2.71. The molecule has 0 aliphatic carbocycles. The smallest absolute Gasteiger partial charge is 0.305 e. The number of carbonyl (C=O) groups excluding carboxylic acids is 3. The molecule has 1 rings (SSSR count). The van der Waals surface area contributed by atoms with Crippen LogP contribution < -0.4 is 10.6 Å². The molecule has 0 saturated heterocycles. The number of amides is 2. The summed E-state index contributed by atoms with van der Waals surface area (Å²) in [6, 6.07) is 9.20. The third-order valence-electron chi connectivity index (χ3n) is 5.21. The van der Waals surface area contributed by atoms with Gasteiger partial charge in [-0.3, -0.25) is 14.4 Å². The van der Waals surface area contributed by atoms with Gasteiger partial charge in [-0.05, 0) is 37.7 Å². The normalized spacial score (nSPS) is 12.3. The van der Waals surface area contributed by atoms with Crippen LogP contribution in [0.1, 0.15) is 44.1 Å². The van der Waals surface area contributed by atoms with Crippen LogP contribution in [0.15, 0.2) is 55.6 Å². The van der Waals surface area contributed by atoms with Gasteiger partial charge >= 0.3 is 5.97 Å². The van der Waals surface area contributed by atoms with Crippen LogP contribution in [-0.4, -0.2) is 61.9 Å². The molecule has 0 aliphatic heterocycles. The van der Waals surface area contributed by atoms with Crippen molar-refractivity contribution in [1.82, 2.24) is 10.6 Å². The molecule has 0 aliphatic rings. The maximum atomic E-state index is 13.0. The summed E-state index contributed by atoms with van der Waals surface area (Å²) in [5.41, 5.74) is 1.00. The number of nitrogens with one attached hydrogen (secondary N) is 2. The zero-order valence-electron chi connectivity index (χ0n) is 20.6. The summed E-state index contributed by atoms with van der Waals surface area (Å²) in [5.74, 6) is -1.46. The van der Waals surface area contributed by atoms with Gasteiger partial charge in [-0.1, -0.05) is 42.5 Å². The van der Waals surface area contributed by atoms with E-state index in [0.717, 1.165) is 24.8 Å². The molecular weight excluding hydrogens is 448 g/mol. The Labute approximate surface area is 208 Å². The number of aliphatic hydroxyl groups excluding tert-OH is 1. The second-order valence-electron chi connectivity index (χ2n) is 8.22. The van der Waals surface area contributed by atoms with Crippen molar-refractivity contribution in [3.8, 4) is 0 Å². The molecule has 2 atom stereocenters. The highest BCUT2D eigenvalue weighted by Gasteiger charge is 2.24. The Kier molecular flexibility index (Phi) is 16.6. The van der Waals surface area contributed by atoms with Gasteiger partial charge < -0.3 is 25.2 Å². The van der Waals surface area contributed by atoms with Gasteiger partial charge in [-0.2, -0.15) is 0 Å². The van der Waals surface area contributed by atoms with E-state index in [-0.39, 0.29) is 50.6 Å². The summed E-state index contributed by atoms with van der Waals surface area (Å²) < 4.78 is 10.6. The van der Waals surface area contributed by atoms with Crippen LogP contribution in [0.3, 0.4) is 0 Å². The van der Waals surface area contributed by atoms with Crippen molar-refractivity contribution in [1.29, 1.82) is 0 Å². The van der Waals surface area contributed by atoms with Crippen LogP contribution in [0, 0.1) is 5.92 Å². The molecule has 1 aromatic carbocycles. The number of esters is 1. The van der Waals surface area contributed by atoms with Crippen molar-refractivity contribution in [3.05, 3.63) is 61.2 Å². The Hall–Kier alpha value is -2.97. The zero-order valence-corrected chi connectivity index (χ0v) is 20.6. The lowest BCUT2D eigenvalue weighted by atomic mass is 9.98. The van der Waals surface area contributed by atoms with Crippen LogP contribution in [0.5, 0.6) is 0 Å². The van der Waals surface area contributed by atoms with Crippen molar-refractivity contribution in [2.75, 3.05) is 33.0 Å². The molecule has 0 fully saturated rings. The van der Waals surface area contributed by atoms with Gasteiger partial charge in [0.05, 0.1) is 31.8 Å². The molecule has 0 radical (unpaired) electrons. The molecule has 194 valence electrons. The molecule has 1 aromatic rings. The first-order valence-electron chi connectivity index (χ1n) is 12.2. The zero-order chi connectivity index (χ0) is 25.7. The van der Waals surface area contributed by atoms with Gasteiger partial charge in [0.15, 0.2) is 0 Å². The minimum absolute atomic E-state index is 0.000991. The first-order chi connectivity index (χ1) is 17.0. The van der Waals surface area contributed by atoms with Gasteiger partial charge in [-0.15, -0.1) is 13.2 Å². The first kappa shape index (κ1) is 30.1. The van der Waals surface area contributed by atoms with Gasteiger partial charge in [0.25, 0.3) is 0 Å². The first-order valence-corrected chi connectivity index (χ1v) is 12.2. The second kappa shape index (κ2) is 19.3. The van der Waals surface area contributed by atoms with E-state index < -0.39 is 12.0 Å². The van der Waals surface area contributed by atoms with Crippen molar-refractivity contribution >= 4 is 17.8 Å². The Morgan fingerprint density at radius 3 is 2.51 bits per heavy atom.